The minimum Gasteiger partial charge on any atom is -0.364 e. The number of carbonyl (C=O) groups is 1. The zero-order chi connectivity index (χ0) is 14.0. The molecule has 0 unspecified atom stereocenters. The van der Waals surface area contributed by atoms with Gasteiger partial charge in [0, 0.05) is 44.2 Å². The third-order valence-electron chi connectivity index (χ3n) is 3.85. The lowest BCUT2D eigenvalue weighted by atomic mass is 10.0. The number of nitrogens with zero attached hydrogens (tertiary/aromatic N) is 4. The van der Waals surface area contributed by atoms with Crippen molar-refractivity contribution in [3.63, 3.8) is 0 Å². The van der Waals surface area contributed by atoms with Gasteiger partial charge in [-0.25, -0.2) is 0 Å². The van der Waals surface area contributed by atoms with E-state index in [9.17, 15) is 4.79 Å². The van der Waals surface area contributed by atoms with Crippen molar-refractivity contribution in [3.8, 4) is 12.3 Å². The Bertz CT molecular complexity index is 578. The molecule has 0 saturated carbocycles. The van der Waals surface area contributed by atoms with Crippen molar-refractivity contribution in [3.05, 3.63) is 17.5 Å². The highest BCUT2D eigenvalue weighted by Gasteiger charge is 2.39. The fraction of sp³-hybridized carbons (Fsp3) is 0.571. The minimum atomic E-state index is -0.375. The molecule has 0 spiro atoms. The van der Waals surface area contributed by atoms with Crippen molar-refractivity contribution in [2.45, 2.75) is 44.3 Å². The van der Waals surface area contributed by atoms with Crippen LogP contribution in [0.1, 0.15) is 36.9 Å². The molecule has 6 nitrogen and oxygen atoms in total. The van der Waals surface area contributed by atoms with Crippen LogP contribution < -0.4 is 0 Å². The Morgan fingerprint density at radius 3 is 3.10 bits per heavy atom. The first-order chi connectivity index (χ1) is 9.72. The van der Waals surface area contributed by atoms with Crippen LogP contribution in [-0.2, 0) is 17.8 Å². The zero-order valence-electron chi connectivity index (χ0n) is 11.2. The number of hydrogen-bond acceptors (Lipinski definition) is 5. The van der Waals surface area contributed by atoms with Crippen molar-refractivity contribution in [2.24, 2.45) is 10.2 Å². The van der Waals surface area contributed by atoms with Gasteiger partial charge >= 0.3 is 0 Å². The number of fused-ring (bicyclic) bond motifs is 1. The molecule has 1 aromatic heterocycles. The van der Waals surface area contributed by atoms with Gasteiger partial charge in [-0.3, -0.25) is 4.79 Å². The first kappa shape index (κ1) is 12.9. The molecule has 0 N–H and O–H groups in total. The van der Waals surface area contributed by atoms with E-state index in [1.165, 1.54) is 0 Å². The first-order valence-corrected chi connectivity index (χ1v) is 6.80. The van der Waals surface area contributed by atoms with Crippen molar-refractivity contribution in [1.29, 1.82) is 0 Å². The highest BCUT2D eigenvalue weighted by Crippen LogP contribution is 2.37. The van der Waals surface area contributed by atoms with Gasteiger partial charge in [0.25, 0.3) is 0 Å². The Balaban J connectivity index is 1.50. The van der Waals surface area contributed by atoms with Crippen LogP contribution in [0.15, 0.2) is 21.0 Å². The second-order valence-corrected chi connectivity index (χ2v) is 5.24. The van der Waals surface area contributed by atoms with Crippen LogP contribution >= 0.6 is 0 Å². The number of aromatic nitrogens is 1. The summed E-state index contributed by atoms with van der Waals surface area (Å²) in [4.78, 5) is 14.1. The molecule has 2 aliphatic heterocycles. The fourth-order valence-corrected chi connectivity index (χ4v) is 2.49. The number of rotatable bonds is 5. The molecule has 104 valence electrons. The Morgan fingerprint density at radius 1 is 1.50 bits per heavy atom. The van der Waals surface area contributed by atoms with E-state index in [0.717, 1.165) is 24.1 Å². The maximum absolute atomic E-state index is 12.2. The third kappa shape index (κ3) is 2.57. The molecule has 0 atom stereocenters. The lowest BCUT2D eigenvalue weighted by Gasteiger charge is -2.26. The Kier molecular flexibility index (Phi) is 3.26. The smallest absolute Gasteiger partial charge is 0.223 e. The molecule has 1 amide bonds. The van der Waals surface area contributed by atoms with Gasteiger partial charge in [-0.2, -0.15) is 10.2 Å². The van der Waals surface area contributed by atoms with Crippen molar-refractivity contribution in [1.82, 2.24) is 10.1 Å². The summed E-state index contributed by atoms with van der Waals surface area (Å²) in [6.07, 6.45) is 10.1. The minimum absolute atomic E-state index is 0.134. The summed E-state index contributed by atoms with van der Waals surface area (Å²) in [6.45, 7) is 1.29. The van der Waals surface area contributed by atoms with Gasteiger partial charge in [0.1, 0.15) is 6.26 Å². The lowest BCUT2D eigenvalue weighted by Crippen LogP contribution is -2.36. The SMILES string of the molecule is C#CCCC1(CCC(=O)N2CCc3nocc3C2)N=N1. The number of hydrogen-bond donors (Lipinski definition) is 0. The molecule has 0 aliphatic carbocycles. The molecule has 1 aromatic rings. The van der Waals surface area contributed by atoms with Gasteiger partial charge in [0.2, 0.25) is 5.91 Å². The zero-order valence-corrected chi connectivity index (χ0v) is 11.2. The predicted octanol–water partition coefficient (Wildman–Crippen LogP) is 1.92. The number of carbonyl (C=O) groups excluding carboxylic acids is 1. The summed E-state index contributed by atoms with van der Waals surface area (Å²) in [5, 5.41) is 12.0. The normalized spacial score (nSPS) is 18.4. The van der Waals surface area contributed by atoms with E-state index in [0.29, 0.717) is 32.4 Å². The largest absolute Gasteiger partial charge is 0.364 e. The van der Waals surface area contributed by atoms with Crippen molar-refractivity contribution >= 4 is 5.91 Å². The maximum atomic E-state index is 12.2. The van der Waals surface area contributed by atoms with Crippen LogP contribution in [0, 0.1) is 12.3 Å². The van der Waals surface area contributed by atoms with Crippen LogP contribution in [0.25, 0.3) is 0 Å². The van der Waals surface area contributed by atoms with E-state index in [-0.39, 0.29) is 11.6 Å². The van der Waals surface area contributed by atoms with Gasteiger partial charge in [0.15, 0.2) is 5.66 Å². The third-order valence-corrected chi connectivity index (χ3v) is 3.85. The molecule has 0 saturated heterocycles. The van der Waals surface area contributed by atoms with Gasteiger partial charge in [-0.1, -0.05) is 5.16 Å². The second-order valence-electron chi connectivity index (χ2n) is 5.24. The number of terminal acetylenes is 1. The molecule has 6 heteroatoms. The summed E-state index contributed by atoms with van der Waals surface area (Å²) in [6, 6.07) is 0. The van der Waals surface area contributed by atoms with Crippen LogP contribution in [0.5, 0.6) is 0 Å². The van der Waals surface area contributed by atoms with Gasteiger partial charge in [-0.05, 0) is 0 Å². The first-order valence-electron chi connectivity index (χ1n) is 6.80. The fourth-order valence-electron chi connectivity index (χ4n) is 2.49. The molecular formula is C14H16N4O2. The average Bonchev–Trinajstić information content (AvgIpc) is 3.09. The molecule has 3 rings (SSSR count). The van der Waals surface area contributed by atoms with Crippen molar-refractivity contribution in [2.75, 3.05) is 6.54 Å². The standard InChI is InChI=1S/C14H16N4O2/c1-2-3-6-14(16-17-14)7-4-13(19)18-8-5-12-11(9-18)10-20-15-12/h1,10H,3-9H2. The van der Waals surface area contributed by atoms with E-state index in [1.807, 2.05) is 4.90 Å². The Morgan fingerprint density at radius 2 is 2.35 bits per heavy atom. The summed E-state index contributed by atoms with van der Waals surface area (Å²) in [5.74, 6) is 2.72. The molecule has 0 fully saturated rings. The highest BCUT2D eigenvalue weighted by molar-refractivity contribution is 5.76. The quantitative estimate of drug-likeness (QED) is 0.769. The van der Waals surface area contributed by atoms with E-state index in [1.54, 1.807) is 6.26 Å². The van der Waals surface area contributed by atoms with Crippen molar-refractivity contribution < 1.29 is 9.32 Å². The highest BCUT2D eigenvalue weighted by atomic mass is 16.5. The van der Waals surface area contributed by atoms with E-state index in [2.05, 4.69) is 21.3 Å². The lowest BCUT2D eigenvalue weighted by molar-refractivity contribution is -0.132. The molecule has 0 aromatic carbocycles. The summed E-state index contributed by atoms with van der Waals surface area (Å²) in [7, 11) is 0. The van der Waals surface area contributed by atoms with Crippen LogP contribution in [-0.4, -0.2) is 28.2 Å². The van der Waals surface area contributed by atoms with Gasteiger partial charge < -0.3 is 9.42 Å². The average molecular weight is 272 g/mol. The molecule has 2 aliphatic rings. The monoisotopic (exact) mass is 272 g/mol. The molecule has 20 heavy (non-hydrogen) atoms. The molecular weight excluding hydrogens is 256 g/mol. The predicted molar refractivity (Wildman–Crippen MR) is 70.5 cm³/mol. The van der Waals surface area contributed by atoms with Gasteiger partial charge in [0.05, 0.1) is 12.2 Å². The van der Waals surface area contributed by atoms with Gasteiger partial charge in [-0.15, -0.1) is 12.3 Å². The molecule has 0 radical (unpaired) electrons. The maximum Gasteiger partial charge on any atom is 0.223 e. The molecule has 0 bridgehead atoms. The van der Waals surface area contributed by atoms with E-state index in [4.69, 9.17) is 10.9 Å². The second kappa shape index (κ2) is 5.08. The van der Waals surface area contributed by atoms with Crippen LogP contribution in [0.4, 0.5) is 0 Å². The molecule has 3 heterocycles. The summed E-state index contributed by atoms with van der Waals surface area (Å²) >= 11 is 0. The summed E-state index contributed by atoms with van der Waals surface area (Å²) < 4.78 is 4.93. The summed E-state index contributed by atoms with van der Waals surface area (Å²) in [5.41, 5.74) is 1.60. The van der Waals surface area contributed by atoms with Crippen LogP contribution in [0.2, 0.25) is 0 Å². The Hall–Kier alpha value is -2.16. The topological polar surface area (TPSA) is 71.1 Å². The van der Waals surface area contributed by atoms with Crippen LogP contribution in [0.3, 0.4) is 0 Å². The number of amides is 1. The Labute approximate surface area is 117 Å². The van der Waals surface area contributed by atoms with E-state index < -0.39 is 0 Å². The van der Waals surface area contributed by atoms with E-state index >= 15 is 0 Å².